The summed E-state index contributed by atoms with van der Waals surface area (Å²) in [5.74, 6) is -2.83. The highest BCUT2D eigenvalue weighted by Crippen LogP contribution is 2.54. The van der Waals surface area contributed by atoms with E-state index in [1.807, 2.05) is 4.58 Å². The van der Waals surface area contributed by atoms with E-state index in [0.717, 1.165) is 12.1 Å². The summed E-state index contributed by atoms with van der Waals surface area (Å²) >= 11 is 0. The molecule has 0 spiro atoms. The van der Waals surface area contributed by atoms with Gasteiger partial charge in [0.25, 0.3) is 11.8 Å². The lowest BCUT2D eigenvalue weighted by Crippen LogP contribution is -2.32. The number of carbonyl (C=O) groups excluding carboxylic acids is 3. The lowest BCUT2D eigenvalue weighted by molar-refractivity contribution is -0.442. The average Bonchev–Trinajstić information content (AvgIpc) is 1.85. The normalized spacial score (nSPS) is 18.3. The van der Waals surface area contributed by atoms with Crippen molar-refractivity contribution in [3.05, 3.63) is 108 Å². The number of fused-ring (bicyclic) bond motifs is 6. The molecule has 0 aliphatic carbocycles. The summed E-state index contributed by atoms with van der Waals surface area (Å²) in [6.45, 7) is 6.00. The predicted molar refractivity (Wildman–Crippen MR) is 293 cm³/mol. The number of amides is 2. The van der Waals surface area contributed by atoms with Crippen LogP contribution in [0.5, 0.6) is 0 Å². The van der Waals surface area contributed by atoms with Gasteiger partial charge in [0, 0.05) is 72.1 Å². The number of hydrogen-bond acceptors (Lipinski definition) is 24. The van der Waals surface area contributed by atoms with Crippen molar-refractivity contribution in [3.8, 4) is 0 Å². The van der Waals surface area contributed by atoms with Crippen LogP contribution in [-0.4, -0.2) is 170 Å². The standard InChI is InChI=1S/C53H61N3O23S5/c1-52(2)45(11-8-6-5-7-9-12-46-53(3,20-10-30-80(60,61)62)51-40-32-36(82(66,67)68)34-44(84(72,73)74)38(40)14-16-42(51)55(46)21-24-75-4)54(41-15-13-37-39(50(41)52)31-35(81(63,64)65)33-43(37)83(69,70)71)22-25-77-27-29-78-28-26-76-23-19-49(59)79-56-47(57)17-18-48(56)58/h5-9,11-16,31-34H,10,17-30H2,1-4H3,(H4-,60,61,62,63,64,65,66,67,68,69,70,71,72,73,74)/p-4. The van der Waals surface area contributed by atoms with Crippen LogP contribution in [0.3, 0.4) is 0 Å². The van der Waals surface area contributed by atoms with E-state index < -0.39 is 105 Å². The lowest BCUT2D eigenvalue weighted by atomic mass is 9.75. The van der Waals surface area contributed by atoms with Crippen LogP contribution in [-0.2, 0) is 99.6 Å². The second-order valence-electron chi connectivity index (χ2n) is 20.1. The van der Waals surface area contributed by atoms with Gasteiger partial charge < -0.3 is 51.4 Å². The Balaban J connectivity index is 1.16. The van der Waals surface area contributed by atoms with E-state index in [4.69, 9.17) is 23.8 Å². The van der Waals surface area contributed by atoms with Crippen molar-refractivity contribution < 1.29 is 108 Å². The molecule has 4 aromatic rings. The quantitative estimate of drug-likeness (QED) is 0.0259. The molecule has 1 unspecified atom stereocenters. The number of benzene rings is 4. The molecular weight excluding hydrogens is 1210 g/mol. The molecule has 1 fully saturated rings. The second kappa shape index (κ2) is 25.8. The third kappa shape index (κ3) is 14.9. The Morgan fingerprint density at radius 2 is 1.15 bits per heavy atom. The molecule has 31 heteroatoms. The van der Waals surface area contributed by atoms with Gasteiger partial charge in [-0.25, -0.2) is 46.9 Å². The van der Waals surface area contributed by atoms with Crippen LogP contribution in [0.15, 0.2) is 116 Å². The Morgan fingerprint density at radius 1 is 0.631 bits per heavy atom. The van der Waals surface area contributed by atoms with Crippen molar-refractivity contribution in [1.29, 1.82) is 0 Å². The molecule has 0 bridgehead atoms. The van der Waals surface area contributed by atoms with Crippen LogP contribution >= 0.6 is 0 Å². The first-order chi connectivity index (χ1) is 39.2. The van der Waals surface area contributed by atoms with E-state index in [9.17, 15) is 79.2 Å². The van der Waals surface area contributed by atoms with Gasteiger partial charge in [-0.05, 0) is 97.8 Å². The fourth-order valence-corrected chi connectivity index (χ4v) is 13.6. The monoisotopic (exact) mass is 1260 g/mol. The smallest absolute Gasteiger partial charge is 0.335 e. The Morgan fingerprint density at radius 3 is 1.70 bits per heavy atom. The van der Waals surface area contributed by atoms with E-state index in [0.29, 0.717) is 45.5 Å². The maximum Gasteiger partial charge on any atom is 0.335 e. The molecule has 3 aliphatic rings. The number of allylic oxidation sites excluding steroid dienone is 8. The van der Waals surface area contributed by atoms with Gasteiger partial charge in [-0.15, -0.1) is 5.06 Å². The van der Waals surface area contributed by atoms with Crippen LogP contribution in [0.1, 0.15) is 64.0 Å². The highest BCUT2D eigenvalue weighted by atomic mass is 32.2. The van der Waals surface area contributed by atoms with Gasteiger partial charge >= 0.3 is 5.97 Å². The molecule has 0 radical (unpaired) electrons. The van der Waals surface area contributed by atoms with Gasteiger partial charge in [0.05, 0.1) is 81.2 Å². The van der Waals surface area contributed by atoms with Crippen molar-refractivity contribution in [3.63, 3.8) is 0 Å². The molecule has 26 nitrogen and oxygen atoms in total. The summed E-state index contributed by atoms with van der Waals surface area (Å²) in [6, 6.07) is 8.69. The first-order valence-corrected chi connectivity index (χ1v) is 32.8. The number of rotatable bonds is 28. The van der Waals surface area contributed by atoms with E-state index >= 15 is 0 Å². The topological polar surface area (TPSA) is 393 Å². The highest BCUT2D eigenvalue weighted by Gasteiger charge is 2.47. The van der Waals surface area contributed by atoms with Gasteiger partial charge in [-0.2, -0.15) is 4.58 Å². The van der Waals surface area contributed by atoms with Gasteiger partial charge in [-0.1, -0.05) is 36.4 Å². The fourth-order valence-electron chi connectivity index (χ4n) is 10.5. The minimum absolute atomic E-state index is 0.0176. The number of methoxy groups -OCH3 is 1. The van der Waals surface area contributed by atoms with E-state index in [-0.39, 0.29) is 119 Å². The third-order valence-electron chi connectivity index (χ3n) is 14.2. The van der Waals surface area contributed by atoms with Crippen molar-refractivity contribution in [2.24, 2.45) is 0 Å². The van der Waals surface area contributed by atoms with Crippen LogP contribution in [0.25, 0.3) is 21.5 Å². The van der Waals surface area contributed by atoms with E-state index in [2.05, 4.69) is 0 Å². The first-order valence-electron chi connectivity index (χ1n) is 25.6. The Labute approximate surface area is 485 Å². The lowest BCUT2D eigenvalue weighted by Gasteiger charge is -2.31. The molecule has 1 saturated heterocycles. The zero-order valence-corrected chi connectivity index (χ0v) is 49.6. The van der Waals surface area contributed by atoms with Gasteiger partial charge in [-0.3, -0.25) is 9.59 Å². The van der Waals surface area contributed by atoms with Gasteiger partial charge in [0.1, 0.15) is 47.1 Å². The summed E-state index contributed by atoms with van der Waals surface area (Å²) in [7, 11) is -24.6. The minimum Gasteiger partial charge on any atom is -0.748 e. The molecule has 3 heterocycles. The van der Waals surface area contributed by atoms with E-state index in [1.165, 1.54) is 25.3 Å². The van der Waals surface area contributed by atoms with E-state index in [1.54, 1.807) is 74.3 Å². The molecule has 456 valence electrons. The van der Waals surface area contributed by atoms with Crippen molar-refractivity contribution in [2.75, 3.05) is 77.1 Å². The maximum atomic E-state index is 12.6. The molecule has 4 aromatic carbocycles. The second-order valence-corrected chi connectivity index (χ2v) is 27.1. The molecule has 3 aliphatic heterocycles. The molecule has 2 amide bonds. The minimum atomic E-state index is -5.38. The van der Waals surface area contributed by atoms with Crippen LogP contribution in [0.4, 0.5) is 11.4 Å². The average molecular weight is 1260 g/mol. The van der Waals surface area contributed by atoms with Gasteiger partial charge in [0.2, 0.25) is 5.69 Å². The molecule has 0 N–H and O–H groups in total. The predicted octanol–water partition coefficient (Wildman–Crippen LogP) is 3.33. The first kappa shape index (κ1) is 65.4. The molecular formula is C53H57N3O23S5-4. The number of anilines is 1. The van der Waals surface area contributed by atoms with Crippen LogP contribution < -0.4 is 4.90 Å². The number of hydroxylamine groups is 2. The number of carbonyl (C=O) groups is 3. The maximum absolute atomic E-state index is 12.6. The number of hydrogen-bond donors (Lipinski definition) is 0. The van der Waals surface area contributed by atoms with Crippen molar-refractivity contribution in [2.45, 2.75) is 83.3 Å². The highest BCUT2D eigenvalue weighted by molar-refractivity contribution is 7.87. The van der Waals surface area contributed by atoms with Crippen molar-refractivity contribution in [1.82, 2.24) is 5.06 Å². The van der Waals surface area contributed by atoms with Crippen LogP contribution in [0.2, 0.25) is 0 Å². The number of ether oxygens (including phenoxy) is 4. The zero-order chi connectivity index (χ0) is 61.8. The zero-order valence-electron chi connectivity index (χ0n) is 45.5. The third-order valence-corrected chi connectivity index (χ3v) is 18.3. The largest absolute Gasteiger partial charge is 0.748 e. The Kier molecular flexibility index (Phi) is 20.1. The van der Waals surface area contributed by atoms with Crippen molar-refractivity contribution >= 4 is 107 Å². The summed E-state index contributed by atoms with van der Waals surface area (Å²) < 4.78 is 209. The Hall–Kier alpha value is -6.17. The SMILES string of the molecule is COCCN1C(=CC=CC=CC=CC2=[N+](CCOCCOCCOCCC(=O)ON3C(=O)CCC3=O)c3ccc4c(S(=O)(=O)[O-])cc(S(=O)(=O)[O-])cc4c3C2(C)C)C(C)(CCCS(=O)(=O)[O-])c2c1ccc1c(S(=O)(=O)[O-])cc(S(=O)(=O)[O-])cc21. The molecule has 7 rings (SSSR count). The van der Waals surface area contributed by atoms with Gasteiger partial charge in [0.15, 0.2) is 12.3 Å². The summed E-state index contributed by atoms with van der Waals surface area (Å²) in [4.78, 5) is 38.1. The summed E-state index contributed by atoms with van der Waals surface area (Å²) in [5.41, 5.74) is 0.0726. The molecule has 1 atom stereocenters. The fraction of sp³-hybridized carbons (Fsp3) is 0.396. The molecule has 84 heavy (non-hydrogen) atoms. The molecule has 0 aromatic heterocycles. The number of nitrogens with zero attached hydrogens (tertiary/aromatic N) is 3. The van der Waals surface area contributed by atoms with Crippen LogP contribution in [0, 0.1) is 0 Å². The summed E-state index contributed by atoms with van der Waals surface area (Å²) in [5, 5.41) is 0.0454. The Bertz CT molecular complexity index is 4030. The molecule has 0 saturated carbocycles. The number of imide groups is 1. The summed E-state index contributed by atoms with van der Waals surface area (Å²) in [6.07, 6.45) is 10.9.